The van der Waals surface area contributed by atoms with Gasteiger partial charge < -0.3 is 9.47 Å². The molecule has 22 heavy (non-hydrogen) atoms. The van der Waals surface area contributed by atoms with Crippen LogP contribution in [0, 0.1) is 0 Å². The third kappa shape index (κ3) is 2.34. The van der Waals surface area contributed by atoms with E-state index in [4.69, 9.17) is 0 Å². The average molecular weight is 289 g/mol. The van der Waals surface area contributed by atoms with E-state index in [1.807, 2.05) is 18.5 Å². The van der Waals surface area contributed by atoms with Crippen molar-refractivity contribution >= 4 is 16.5 Å². The van der Waals surface area contributed by atoms with Gasteiger partial charge in [0, 0.05) is 25.5 Å². The maximum absolute atomic E-state index is 4.23. The first-order chi connectivity index (χ1) is 10.8. The summed E-state index contributed by atoms with van der Waals surface area (Å²) >= 11 is 0. The summed E-state index contributed by atoms with van der Waals surface area (Å²) in [7, 11) is 2.17. The van der Waals surface area contributed by atoms with Crippen LogP contribution < -0.4 is 0 Å². The van der Waals surface area contributed by atoms with Crippen LogP contribution in [0.1, 0.15) is 12.0 Å². The van der Waals surface area contributed by atoms with Gasteiger partial charge in [-0.25, -0.2) is 0 Å². The van der Waals surface area contributed by atoms with Crippen LogP contribution in [0.2, 0.25) is 0 Å². The van der Waals surface area contributed by atoms with E-state index in [1.54, 1.807) is 0 Å². The van der Waals surface area contributed by atoms with Crippen molar-refractivity contribution < 1.29 is 0 Å². The predicted octanol–water partition coefficient (Wildman–Crippen LogP) is 3.74. The summed E-state index contributed by atoms with van der Waals surface area (Å²) in [4.78, 5) is 6.58. The lowest BCUT2D eigenvalue weighted by atomic mass is 9.99. The van der Waals surface area contributed by atoms with Gasteiger partial charge in [-0.05, 0) is 54.3 Å². The van der Waals surface area contributed by atoms with Crippen molar-refractivity contribution in [3.05, 3.63) is 66.6 Å². The Labute approximate surface area is 130 Å². The quantitative estimate of drug-likeness (QED) is 0.716. The summed E-state index contributed by atoms with van der Waals surface area (Å²) < 4.78 is 2.21. The number of likely N-dealkylation sites (N-methyl/N-ethyl adjacent to an activating group) is 1. The molecule has 0 fully saturated rings. The van der Waals surface area contributed by atoms with Crippen molar-refractivity contribution in [2.24, 2.45) is 0 Å². The molecule has 1 aliphatic heterocycles. The third-order valence-corrected chi connectivity index (χ3v) is 4.40. The van der Waals surface area contributed by atoms with Crippen LogP contribution in [-0.4, -0.2) is 34.6 Å². The molecule has 2 aromatic heterocycles. The number of nitrogens with zero attached hydrogens (tertiary/aromatic N) is 3. The Balaban J connectivity index is 1.80. The van der Waals surface area contributed by atoms with Crippen LogP contribution in [0.3, 0.4) is 0 Å². The normalized spacial score (nSPS) is 16.0. The Hall–Kier alpha value is -2.39. The second kappa shape index (κ2) is 5.43. The van der Waals surface area contributed by atoms with Gasteiger partial charge in [0.15, 0.2) is 0 Å². The maximum atomic E-state index is 4.23. The van der Waals surface area contributed by atoms with E-state index in [-0.39, 0.29) is 0 Å². The van der Waals surface area contributed by atoms with Crippen molar-refractivity contribution in [1.82, 2.24) is 14.5 Å². The molecule has 0 amide bonds. The molecule has 1 aromatic carbocycles. The smallest absolute Gasteiger partial charge is 0.0639 e. The van der Waals surface area contributed by atoms with Crippen LogP contribution in [0.15, 0.2) is 61.1 Å². The van der Waals surface area contributed by atoms with Gasteiger partial charge in [-0.15, -0.1) is 0 Å². The van der Waals surface area contributed by atoms with E-state index in [0.717, 1.165) is 25.2 Å². The molecular formula is C19H19N3. The van der Waals surface area contributed by atoms with Crippen LogP contribution in [0.25, 0.3) is 22.2 Å². The molecule has 0 radical (unpaired) electrons. The van der Waals surface area contributed by atoms with Gasteiger partial charge in [0.05, 0.1) is 17.4 Å². The van der Waals surface area contributed by atoms with Gasteiger partial charge in [0.2, 0.25) is 0 Å². The lowest BCUT2D eigenvalue weighted by Crippen LogP contribution is -2.23. The molecule has 3 aromatic rings. The molecule has 1 aliphatic rings. The molecule has 0 atom stereocenters. The fraction of sp³-hybridized carbons (Fsp3) is 0.211. The second-order valence-electron chi connectivity index (χ2n) is 5.91. The Kier molecular flexibility index (Phi) is 3.28. The summed E-state index contributed by atoms with van der Waals surface area (Å²) in [5.74, 6) is 0. The summed E-state index contributed by atoms with van der Waals surface area (Å²) in [5, 5.41) is 1.26. The molecule has 0 spiro atoms. The maximum Gasteiger partial charge on any atom is 0.0639 e. The minimum atomic E-state index is 1.04. The topological polar surface area (TPSA) is 21.1 Å². The number of fused-ring (bicyclic) bond motifs is 1. The molecule has 4 rings (SSSR count). The van der Waals surface area contributed by atoms with E-state index in [2.05, 4.69) is 64.1 Å². The van der Waals surface area contributed by atoms with Gasteiger partial charge >= 0.3 is 0 Å². The second-order valence-corrected chi connectivity index (χ2v) is 5.91. The zero-order chi connectivity index (χ0) is 14.9. The van der Waals surface area contributed by atoms with Gasteiger partial charge in [-0.1, -0.05) is 18.2 Å². The highest BCUT2D eigenvalue weighted by molar-refractivity contribution is 5.86. The Morgan fingerprint density at radius 2 is 2.09 bits per heavy atom. The van der Waals surface area contributed by atoms with Crippen LogP contribution in [0.5, 0.6) is 0 Å². The van der Waals surface area contributed by atoms with E-state index in [1.165, 1.54) is 22.0 Å². The zero-order valence-electron chi connectivity index (χ0n) is 12.7. The fourth-order valence-electron chi connectivity index (χ4n) is 3.08. The highest BCUT2D eigenvalue weighted by Crippen LogP contribution is 2.27. The van der Waals surface area contributed by atoms with Crippen molar-refractivity contribution in [3.63, 3.8) is 0 Å². The third-order valence-electron chi connectivity index (χ3n) is 4.40. The number of hydrogen-bond donors (Lipinski definition) is 0. The highest BCUT2D eigenvalue weighted by Gasteiger charge is 2.11. The summed E-state index contributed by atoms with van der Waals surface area (Å²) in [5.41, 5.74) is 5.14. The molecule has 0 aliphatic carbocycles. The first-order valence-corrected chi connectivity index (χ1v) is 7.71. The molecule has 0 N–H and O–H groups in total. The molecule has 3 heterocycles. The lowest BCUT2D eigenvalue weighted by Gasteiger charge is -2.22. The summed E-state index contributed by atoms with van der Waals surface area (Å²) in [6.07, 6.45) is 9.30. The number of hydrogen-bond acceptors (Lipinski definition) is 2. The Bertz CT molecular complexity index is 830. The van der Waals surface area contributed by atoms with Crippen molar-refractivity contribution in [2.45, 2.75) is 6.42 Å². The predicted molar refractivity (Wildman–Crippen MR) is 91.2 cm³/mol. The largest absolute Gasteiger partial charge is 0.315 e. The van der Waals surface area contributed by atoms with Gasteiger partial charge in [-0.2, -0.15) is 0 Å². The monoisotopic (exact) mass is 289 g/mol. The van der Waals surface area contributed by atoms with E-state index < -0.39 is 0 Å². The summed E-state index contributed by atoms with van der Waals surface area (Å²) in [6, 6.07) is 13.0. The first kappa shape index (κ1) is 13.3. The lowest BCUT2D eigenvalue weighted by molar-refractivity contribution is 0.370. The Morgan fingerprint density at radius 1 is 1.14 bits per heavy atom. The van der Waals surface area contributed by atoms with Gasteiger partial charge in [0.25, 0.3) is 0 Å². The molecule has 3 heteroatoms. The van der Waals surface area contributed by atoms with Gasteiger partial charge in [0.1, 0.15) is 0 Å². The van der Waals surface area contributed by atoms with Crippen molar-refractivity contribution in [1.29, 1.82) is 0 Å². The first-order valence-electron chi connectivity index (χ1n) is 7.71. The molecule has 0 bridgehead atoms. The van der Waals surface area contributed by atoms with E-state index in [0.29, 0.717) is 0 Å². The zero-order valence-corrected chi connectivity index (χ0v) is 12.7. The number of rotatable bonds is 2. The number of aromatic nitrogens is 2. The SMILES string of the molecule is CN1CC=C(c2ccc3ccn(-c4cccnc4)c3c2)CC1. The van der Waals surface area contributed by atoms with Gasteiger partial charge in [-0.3, -0.25) is 4.98 Å². The van der Waals surface area contributed by atoms with Crippen molar-refractivity contribution in [2.75, 3.05) is 20.1 Å². The molecule has 110 valence electrons. The molecule has 0 unspecified atom stereocenters. The van der Waals surface area contributed by atoms with Crippen LogP contribution in [-0.2, 0) is 0 Å². The molecule has 3 nitrogen and oxygen atoms in total. The van der Waals surface area contributed by atoms with Crippen LogP contribution in [0.4, 0.5) is 0 Å². The minimum absolute atomic E-state index is 1.04. The Morgan fingerprint density at radius 3 is 2.86 bits per heavy atom. The highest BCUT2D eigenvalue weighted by atomic mass is 15.1. The molecule has 0 saturated carbocycles. The minimum Gasteiger partial charge on any atom is -0.315 e. The number of benzene rings is 1. The van der Waals surface area contributed by atoms with E-state index in [9.17, 15) is 0 Å². The summed E-state index contributed by atoms with van der Waals surface area (Å²) in [6.45, 7) is 2.17. The van der Waals surface area contributed by atoms with Crippen molar-refractivity contribution in [3.8, 4) is 5.69 Å². The number of pyridine rings is 1. The molecule has 0 saturated heterocycles. The fourth-order valence-corrected chi connectivity index (χ4v) is 3.08. The van der Waals surface area contributed by atoms with Crippen LogP contribution >= 0.6 is 0 Å². The standard InChI is InChI=1S/C19H19N3/c1-21-10-6-15(7-11-21)17-5-4-16-8-12-22(19(16)13-17)18-3-2-9-20-14-18/h2-6,8-9,12-14H,7,10-11H2,1H3. The van der Waals surface area contributed by atoms with E-state index >= 15 is 0 Å². The molecular weight excluding hydrogens is 270 g/mol. The average Bonchev–Trinajstić information content (AvgIpc) is 2.99.